The number of aliphatic hydroxyl groups is 1. The minimum atomic E-state index is 0.0703. The van der Waals surface area contributed by atoms with Crippen LogP contribution in [0.1, 0.15) is 23.3 Å². The van der Waals surface area contributed by atoms with Crippen LogP contribution in [0.25, 0.3) is 10.2 Å². The van der Waals surface area contributed by atoms with Gasteiger partial charge < -0.3 is 9.84 Å². The number of hydrogen-bond acceptors (Lipinski definition) is 6. The second-order valence-electron chi connectivity index (χ2n) is 5.31. The summed E-state index contributed by atoms with van der Waals surface area (Å²) in [6.07, 6.45) is 3.98. The van der Waals surface area contributed by atoms with Gasteiger partial charge in [-0.3, -0.25) is 9.36 Å². The van der Waals surface area contributed by atoms with E-state index in [1.54, 1.807) is 23.0 Å². The largest absolute Gasteiger partial charge is 0.396 e. The molecule has 120 valence electrons. The quantitative estimate of drug-likeness (QED) is 0.475. The maximum atomic E-state index is 12.9. The fraction of sp³-hybridized carbons (Fsp3) is 0.600. The molecule has 0 amide bonds. The predicted octanol–water partition coefficient (Wildman–Crippen LogP) is 2.07. The number of rotatable bonds is 7. The van der Waals surface area contributed by atoms with Gasteiger partial charge in [0.1, 0.15) is 4.83 Å². The van der Waals surface area contributed by atoms with E-state index >= 15 is 0 Å². The van der Waals surface area contributed by atoms with Gasteiger partial charge in [-0.15, -0.1) is 11.3 Å². The molecule has 0 atom stereocenters. The Hall–Kier alpha value is -0.890. The monoisotopic (exact) mass is 340 g/mol. The maximum Gasteiger partial charge on any atom is 0.263 e. The molecule has 0 radical (unpaired) electrons. The molecule has 0 unspecified atom stereocenters. The van der Waals surface area contributed by atoms with Crippen LogP contribution in [0.2, 0.25) is 0 Å². The number of thioether (sulfide) groups is 1. The van der Waals surface area contributed by atoms with Gasteiger partial charge in [-0.2, -0.15) is 0 Å². The van der Waals surface area contributed by atoms with Crippen LogP contribution in [-0.4, -0.2) is 40.7 Å². The molecule has 0 bridgehead atoms. The number of nitrogens with zero attached hydrogens (tertiary/aromatic N) is 2. The molecule has 2 aromatic rings. The van der Waals surface area contributed by atoms with Gasteiger partial charge in [0.15, 0.2) is 5.16 Å². The average molecular weight is 340 g/mol. The molecule has 3 rings (SSSR count). The van der Waals surface area contributed by atoms with Crippen LogP contribution in [0, 0.1) is 0 Å². The summed E-state index contributed by atoms with van der Waals surface area (Å²) in [5.74, 6) is 0.549. The van der Waals surface area contributed by atoms with E-state index in [-0.39, 0.29) is 12.2 Å². The summed E-state index contributed by atoms with van der Waals surface area (Å²) in [4.78, 5) is 19.8. The van der Waals surface area contributed by atoms with Crippen LogP contribution < -0.4 is 5.56 Å². The number of ether oxygens (including phenoxy) is 1. The van der Waals surface area contributed by atoms with Gasteiger partial charge >= 0.3 is 0 Å². The van der Waals surface area contributed by atoms with E-state index in [1.165, 1.54) is 22.2 Å². The molecule has 1 N–H and O–H groups in total. The Balaban J connectivity index is 2.06. The number of methoxy groups -OCH3 is 1. The molecule has 2 aromatic heterocycles. The van der Waals surface area contributed by atoms with Crippen molar-refractivity contribution in [2.24, 2.45) is 0 Å². The zero-order valence-corrected chi connectivity index (χ0v) is 14.3. The first-order valence-electron chi connectivity index (χ1n) is 7.54. The van der Waals surface area contributed by atoms with E-state index in [4.69, 9.17) is 14.8 Å². The lowest BCUT2D eigenvalue weighted by molar-refractivity contribution is 0.189. The van der Waals surface area contributed by atoms with Crippen molar-refractivity contribution < 1.29 is 9.84 Å². The van der Waals surface area contributed by atoms with Crippen molar-refractivity contribution in [3.8, 4) is 0 Å². The Kier molecular flexibility index (Phi) is 5.18. The summed E-state index contributed by atoms with van der Waals surface area (Å²) in [7, 11) is 1.66. The highest BCUT2D eigenvalue weighted by molar-refractivity contribution is 7.99. The first-order chi connectivity index (χ1) is 10.8. The summed E-state index contributed by atoms with van der Waals surface area (Å²) in [6.45, 7) is 1.31. The fourth-order valence-corrected chi connectivity index (χ4v) is 4.94. The van der Waals surface area contributed by atoms with Gasteiger partial charge in [-0.1, -0.05) is 11.8 Å². The highest BCUT2D eigenvalue weighted by atomic mass is 32.2. The van der Waals surface area contributed by atoms with Crippen LogP contribution in [0.4, 0.5) is 0 Å². The molecule has 2 heterocycles. The van der Waals surface area contributed by atoms with Crippen molar-refractivity contribution in [3.05, 3.63) is 20.8 Å². The molecule has 22 heavy (non-hydrogen) atoms. The standard InChI is InChI=1S/C15H20N2O3S2/c1-20-8-3-6-17-14(19)12-10-4-2-5-11(10)22-13(12)16-15(17)21-9-7-18/h18H,2-9H2,1H3. The third-order valence-electron chi connectivity index (χ3n) is 3.84. The molecule has 1 aliphatic rings. The lowest BCUT2D eigenvalue weighted by atomic mass is 10.2. The second kappa shape index (κ2) is 7.12. The van der Waals surface area contributed by atoms with Crippen molar-refractivity contribution in [2.75, 3.05) is 26.1 Å². The molecule has 5 nitrogen and oxygen atoms in total. The normalized spacial score (nSPS) is 13.9. The number of aromatic nitrogens is 2. The maximum absolute atomic E-state index is 12.9. The molecule has 0 fully saturated rings. The minimum absolute atomic E-state index is 0.0703. The van der Waals surface area contributed by atoms with Gasteiger partial charge in [-0.05, 0) is 31.2 Å². The molecule has 0 aliphatic heterocycles. The summed E-state index contributed by atoms with van der Waals surface area (Å²) in [5, 5.41) is 10.6. The van der Waals surface area contributed by atoms with Crippen LogP contribution in [0.15, 0.2) is 9.95 Å². The summed E-state index contributed by atoms with van der Waals surface area (Å²) in [6, 6.07) is 0. The Morgan fingerprint density at radius 1 is 1.45 bits per heavy atom. The minimum Gasteiger partial charge on any atom is -0.396 e. The lowest BCUT2D eigenvalue weighted by Crippen LogP contribution is -2.24. The zero-order valence-electron chi connectivity index (χ0n) is 12.6. The van der Waals surface area contributed by atoms with E-state index in [2.05, 4.69) is 0 Å². The number of hydrogen-bond donors (Lipinski definition) is 1. The van der Waals surface area contributed by atoms with Crippen molar-refractivity contribution in [3.63, 3.8) is 0 Å². The number of thiophene rings is 1. The zero-order chi connectivity index (χ0) is 15.5. The van der Waals surface area contributed by atoms with Crippen molar-refractivity contribution in [1.82, 2.24) is 9.55 Å². The van der Waals surface area contributed by atoms with E-state index in [0.29, 0.717) is 24.1 Å². The number of fused-ring (bicyclic) bond motifs is 3. The third-order valence-corrected chi connectivity index (χ3v) is 5.98. The summed E-state index contributed by atoms with van der Waals surface area (Å²) >= 11 is 3.10. The fourth-order valence-electron chi connectivity index (χ4n) is 2.87. The Morgan fingerprint density at radius 3 is 3.09 bits per heavy atom. The van der Waals surface area contributed by atoms with Gasteiger partial charge in [-0.25, -0.2) is 4.98 Å². The van der Waals surface area contributed by atoms with Gasteiger partial charge in [0.2, 0.25) is 0 Å². The van der Waals surface area contributed by atoms with Gasteiger partial charge in [0.25, 0.3) is 5.56 Å². The van der Waals surface area contributed by atoms with Crippen molar-refractivity contribution in [1.29, 1.82) is 0 Å². The molecule has 0 saturated heterocycles. The molecule has 0 spiro atoms. The van der Waals surface area contributed by atoms with Crippen molar-refractivity contribution >= 4 is 33.3 Å². The average Bonchev–Trinajstić information content (AvgIpc) is 3.08. The number of aliphatic hydroxyl groups excluding tert-OH is 1. The lowest BCUT2D eigenvalue weighted by Gasteiger charge is -2.11. The van der Waals surface area contributed by atoms with Crippen LogP contribution in [-0.2, 0) is 24.1 Å². The molecule has 1 aliphatic carbocycles. The van der Waals surface area contributed by atoms with E-state index in [1.807, 2.05) is 0 Å². The first kappa shape index (κ1) is 16.0. The molecule has 0 saturated carbocycles. The smallest absolute Gasteiger partial charge is 0.263 e. The molecular weight excluding hydrogens is 320 g/mol. The topological polar surface area (TPSA) is 64.3 Å². The third kappa shape index (κ3) is 2.95. The highest BCUT2D eigenvalue weighted by Crippen LogP contribution is 2.35. The van der Waals surface area contributed by atoms with Crippen LogP contribution in [0.5, 0.6) is 0 Å². The first-order valence-corrected chi connectivity index (χ1v) is 9.34. The molecule has 0 aromatic carbocycles. The summed E-state index contributed by atoms with van der Waals surface area (Å²) < 4.78 is 6.85. The van der Waals surface area contributed by atoms with Gasteiger partial charge in [0.05, 0.1) is 12.0 Å². The van der Waals surface area contributed by atoms with Crippen LogP contribution >= 0.6 is 23.1 Å². The van der Waals surface area contributed by atoms with E-state index < -0.39 is 0 Å². The second-order valence-corrected chi connectivity index (χ2v) is 7.45. The van der Waals surface area contributed by atoms with E-state index in [9.17, 15) is 4.79 Å². The SMILES string of the molecule is COCCCn1c(SCCO)nc2sc3c(c2c1=O)CCC3. The predicted molar refractivity (Wildman–Crippen MR) is 90.2 cm³/mol. The highest BCUT2D eigenvalue weighted by Gasteiger charge is 2.23. The van der Waals surface area contributed by atoms with Gasteiger partial charge in [0, 0.05) is 30.9 Å². The Morgan fingerprint density at radius 2 is 2.32 bits per heavy atom. The molecule has 7 heteroatoms. The summed E-state index contributed by atoms with van der Waals surface area (Å²) in [5.41, 5.74) is 1.29. The Bertz CT molecular complexity index is 724. The molecular formula is C15H20N2O3S2. The van der Waals surface area contributed by atoms with Crippen molar-refractivity contribution in [2.45, 2.75) is 37.4 Å². The van der Waals surface area contributed by atoms with E-state index in [0.717, 1.165) is 35.9 Å². The Labute approximate surface area is 137 Å². The van der Waals surface area contributed by atoms with Crippen LogP contribution in [0.3, 0.4) is 0 Å². The number of aryl methyl sites for hydroxylation is 2.